The molecule has 106 valence electrons. The van der Waals surface area contributed by atoms with Crippen molar-refractivity contribution in [2.75, 3.05) is 14.2 Å². The topological polar surface area (TPSA) is 44.5 Å². The predicted molar refractivity (Wildman–Crippen MR) is 82.0 cm³/mol. The molecule has 5 heteroatoms. The standard InChI is InChI=1S/C15H15Cl2NO2/c1-19-10-4-5-11(14(8-10)20-2)15(18)9-3-6-12(16)13(17)7-9/h3-8,15H,18H2,1-2H3. The van der Waals surface area contributed by atoms with E-state index < -0.39 is 0 Å². The van der Waals surface area contributed by atoms with Crippen molar-refractivity contribution in [2.45, 2.75) is 6.04 Å². The van der Waals surface area contributed by atoms with E-state index in [0.29, 0.717) is 21.5 Å². The van der Waals surface area contributed by atoms with Crippen LogP contribution in [-0.2, 0) is 0 Å². The minimum atomic E-state index is -0.356. The van der Waals surface area contributed by atoms with Gasteiger partial charge in [0.05, 0.1) is 30.3 Å². The molecule has 0 fully saturated rings. The van der Waals surface area contributed by atoms with Gasteiger partial charge in [-0.1, -0.05) is 29.3 Å². The zero-order valence-corrected chi connectivity index (χ0v) is 12.7. The Bertz CT molecular complexity index is 617. The van der Waals surface area contributed by atoms with Crippen LogP contribution in [0, 0.1) is 0 Å². The van der Waals surface area contributed by atoms with Crippen LogP contribution in [-0.4, -0.2) is 14.2 Å². The Morgan fingerprint density at radius 2 is 1.70 bits per heavy atom. The molecule has 0 aromatic heterocycles. The summed E-state index contributed by atoms with van der Waals surface area (Å²) in [6.45, 7) is 0. The number of hydrogen-bond donors (Lipinski definition) is 1. The largest absolute Gasteiger partial charge is 0.497 e. The third kappa shape index (κ3) is 3.01. The van der Waals surface area contributed by atoms with Crippen molar-refractivity contribution in [1.29, 1.82) is 0 Å². The van der Waals surface area contributed by atoms with E-state index in [1.807, 2.05) is 18.2 Å². The Morgan fingerprint density at radius 3 is 2.30 bits per heavy atom. The third-order valence-corrected chi connectivity index (χ3v) is 3.82. The molecule has 1 unspecified atom stereocenters. The lowest BCUT2D eigenvalue weighted by molar-refractivity contribution is 0.390. The zero-order chi connectivity index (χ0) is 14.7. The average molecular weight is 312 g/mol. The molecule has 0 bridgehead atoms. The minimum Gasteiger partial charge on any atom is -0.497 e. The van der Waals surface area contributed by atoms with Gasteiger partial charge < -0.3 is 15.2 Å². The lowest BCUT2D eigenvalue weighted by Gasteiger charge is -2.17. The van der Waals surface area contributed by atoms with E-state index in [4.69, 9.17) is 38.4 Å². The number of rotatable bonds is 4. The molecule has 0 spiro atoms. The van der Waals surface area contributed by atoms with Gasteiger partial charge in [-0.25, -0.2) is 0 Å². The lowest BCUT2D eigenvalue weighted by Crippen LogP contribution is -2.13. The first-order valence-corrected chi connectivity index (χ1v) is 6.75. The van der Waals surface area contributed by atoms with Gasteiger partial charge in [0.2, 0.25) is 0 Å². The quantitative estimate of drug-likeness (QED) is 0.926. The van der Waals surface area contributed by atoms with E-state index in [1.165, 1.54) is 0 Å². The van der Waals surface area contributed by atoms with Crippen molar-refractivity contribution < 1.29 is 9.47 Å². The van der Waals surface area contributed by atoms with Crippen LogP contribution < -0.4 is 15.2 Å². The van der Waals surface area contributed by atoms with E-state index in [-0.39, 0.29) is 6.04 Å². The molecule has 0 aliphatic heterocycles. The number of methoxy groups -OCH3 is 2. The van der Waals surface area contributed by atoms with Crippen molar-refractivity contribution in [3.8, 4) is 11.5 Å². The fourth-order valence-electron chi connectivity index (χ4n) is 1.96. The second kappa shape index (κ2) is 6.35. The smallest absolute Gasteiger partial charge is 0.127 e. The first-order valence-electron chi connectivity index (χ1n) is 5.99. The van der Waals surface area contributed by atoms with Crippen molar-refractivity contribution in [3.05, 3.63) is 57.6 Å². The van der Waals surface area contributed by atoms with Crippen LogP contribution in [0.4, 0.5) is 0 Å². The summed E-state index contributed by atoms with van der Waals surface area (Å²) in [7, 11) is 3.20. The summed E-state index contributed by atoms with van der Waals surface area (Å²) in [5, 5.41) is 0.983. The minimum absolute atomic E-state index is 0.356. The van der Waals surface area contributed by atoms with Gasteiger partial charge in [0.1, 0.15) is 11.5 Å². The first kappa shape index (κ1) is 15.0. The summed E-state index contributed by atoms with van der Waals surface area (Å²) in [5.74, 6) is 1.38. The molecule has 2 aromatic carbocycles. The normalized spacial score (nSPS) is 12.1. The first-order chi connectivity index (χ1) is 9.56. The molecule has 0 aliphatic carbocycles. The molecule has 0 amide bonds. The number of benzene rings is 2. The molecule has 0 radical (unpaired) electrons. The summed E-state index contributed by atoms with van der Waals surface area (Å²) in [5.41, 5.74) is 8.00. The van der Waals surface area contributed by atoms with E-state index in [1.54, 1.807) is 32.4 Å². The molecule has 0 aliphatic rings. The van der Waals surface area contributed by atoms with Crippen molar-refractivity contribution in [2.24, 2.45) is 5.73 Å². The Morgan fingerprint density at radius 1 is 0.950 bits per heavy atom. The molecule has 0 saturated carbocycles. The van der Waals surface area contributed by atoms with E-state index >= 15 is 0 Å². The van der Waals surface area contributed by atoms with Gasteiger partial charge in [-0.3, -0.25) is 0 Å². The highest BCUT2D eigenvalue weighted by Gasteiger charge is 2.16. The Hall–Kier alpha value is -1.42. The molecule has 2 aromatic rings. The average Bonchev–Trinajstić information content (AvgIpc) is 2.48. The van der Waals surface area contributed by atoms with Crippen molar-refractivity contribution in [1.82, 2.24) is 0 Å². The second-order valence-electron chi connectivity index (χ2n) is 4.26. The molecule has 2 rings (SSSR count). The van der Waals surface area contributed by atoms with Crippen LogP contribution in [0.1, 0.15) is 17.2 Å². The summed E-state index contributed by atoms with van der Waals surface area (Å²) < 4.78 is 10.5. The molecule has 0 heterocycles. The molecular weight excluding hydrogens is 297 g/mol. The maximum absolute atomic E-state index is 6.28. The highest BCUT2D eigenvalue weighted by Crippen LogP contribution is 2.33. The molecular formula is C15H15Cl2NO2. The van der Waals surface area contributed by atoms with Crippen LogP contribution in [0.15, 0.2) is 36.4 Å². The van der Waals surface area contributed by atoms with Gasteiger partial charge >= 0.3 is 0 Å². The summed E-state index contributed by atoms with van der Waals surface area (Å²) in [6.07, 6.45) is 0. The van der Waals surface area contributed by atoms with Gasteiger partial charge in [-0.15, -0.1) is 0 Å². The fourth-order valence-corrected chi connectivity index (χ4v) is 2.27. The monoisotopic (exact) mass is 311 g/mol. The number of nitrogens with two attached hydrogens (primary N) is 1. The Labute approximate surface area is 128 Å². The maximum Gasteiger partial charge on any atom is 0.127 e. The molecule has 1 atom stereocenters. The summed E-state index contributed by atoms with van der Waals surface area (Å²) in [4.78, 5) is 0. The lowest BCUT2D eigenvalue weighted by atomic mass is 9.98. The van der Waals surface area contributed by atoms with E-state index in [2.05, 4.69) is 0 Å². The Kier molecular flexibility index (Phi) is 4.76. The number of halogens is 2. The van der Waals surface area contributed by atoms with Gasteiger partial charge in [0, 0.05) is 11.6 Å². The van der Waals surface area contributed by atoms with Crippen LogP contribution in [0.3, 0.4) is 0 Å². The second-order valence-corrected chi connectivity index (χ2v) is 5.07. The SMILES string of the molecule is COc1ccc(C(N)c2ccc(Cl)c(Cl)c2)c(OC)c1. The van der Waals surface area contributed by atoms with Gasteiger partial charge in [0.25, 0.3) is 0 Å². The van der Waals surface area contributed by atoms with E-state index in [9.17, 15) is 0 Å². The summed E-state index contributed by atoms with van der Waals surface area (Å²) >= 11 is 11.9. The molecule has 0 saturated heterocycles. The third-order valence-electron chi connectivity index (χ3n) is 3.08. The van der Waals surface area contributed by atoms with Crippen LogP contribution in [0.2, 0.25) is 10.0 Å². The number of ether oxygens (including phenoxy) is 2. The maximum atomic E-state index is 6.28. The number of hydrogen-bond acceptors (Lipinski definition) is 3. The van der Waals surface area contributed by atoms with Gasteiger partial charge in [-0.05, 0) is 29.8 Å². The van der Waals surface area contributed by atoms with Gasteiger partial charge in [0.15, 0.2) is 0 Å². The van der Waals surface area contributed by atoms with Gasteiger partial charge in [-0.2, -0.15) is 0 Å². The van der Waals surface area contributed by atoms with Crippen LogP contribution in [0.5, 0.6) is 11.5 Å². The summed E-state index contributed by atoms with van der Waals surface area (Å²) in [6, 6.07) is 10.5. The predicted octanol–water partition coefficient (Wildman–Crippen LogP) is 4.06. The highest BCUT2D eigenvalue weighted by molar-refractivity contribution is 6.42. The molecule has 2 N–H and O–H groups in total. The molecule has 20 heavy (non-hydrogen) atoms. The van der Waals surface area contributed by atoms with Crippen molar-refractivity contribution >= 4 is 23.2 Å². The molecule has 3 nitrogen and oxygen atoms in total. The zero-order valence-electron chi connectivity index (χ0n) is 11.2. The van der Waals surface area contributed by atoms with Crippen molar-refractivity contribution in [3.63, 3.8) is 0 Å². The van der Waals surface area contributed by atoms with E-state index in [0.717, 1.165) is 11.1 Å². The van der Waals surface area contributed by atoms with Crippen LogP contribution >= 0.6 is 23.2 Å². The Balaban J connectivity index is 2.41. The fraction of sp³-hybridized carbons (Fsp3) is 0.200. The van der Waals surface area contributed by atoms with Crippen LogP contribution in [0.25, 0.3) is 0 Å². The highest BCUT2D eigenvalue weighted by atomic mass is 35.5.